The van der Waals surface area contributed by atoms with E-state index in [1.807, 2.05) is 48.5 Å². The molecule has 1 aromatic heterocycles. The topological polar surface area (TPSA) is 22.1 Å². The molecule has 0 fully saturated rings. The first-order valence-electron chi connectivity index (χ1n) is 10.1. The number of fused-ring (bicyclic) bond motifs is 1. The Hall–Kier alpha value is -3.91. The van der Waals surface area contributed by atoms with Crippen LogP contribution in [0.25, 0.3) is 33.2 Å². The van der Waals surface area contributed by atoms with Crippen molar-refractivity contribution in [1.82, 2.24) is 4.98 Å². The molecule has 0 unspecified atom stereocenters. The molecule has 5 rings (SSSR count). The molecule has 0 aliphatic rings. The maximum absolute atomic E-state index is 6.25. The van der Waals surface area contributed by atoms with E-state index in [2.05, 4.69) is 66.7 Å². The highest BCUT2D eigenvalue weighted by Gasteiger charge is 2.17. The summed E-state index contributed by atoms with van der Waals surface area (Å²) in [7, 11) is 0. The van der Waals surface area contributed by atoms with E-state index in [1.165, 1.54) is 0 Å². The van der Waals surface area contributed by atoms with Crippen molar-refractivity contribution in [3.8, 4) is 28.3 Å². The zero-order valence-electron chi connectivity index (χ0n) is 16.5. The van der Waals surface area contributed by atoms with E-state index in [0.717, 1.165) is 38.7 Å². The predicted molar refractivity (Wildman–Crippen MR) is 123 cm³/mol. The molecular weight excluding hydrogens is 366 g/mol. The molecule has 2 heteroatoms. The van der Waals surface area contributed by atoms with Gasteiger partial charge in [0, 0.05) is 16.5 Å². The molecule has 30 heavy (non-hydrogen) atoms. The number of aromatic nitrogens is 1. The van der Waals surface area contributed by atoms with Gasteiger partial charge in [-0.2, -0.15) is 0 Å². The fraction of sp³-hybridized carbons (Fsp3) is 0.0357. The van der Waals surface area contributed by atoms with Crippen LogP contribution >= 0.6 is 0 Å². The van der Waals surface area contributed by atoms with Crippen LogP contribution in [0.1, 0.15) is 5.56 Å². The van der Waals surface area contributed by atoms with Crippen molar-refractivity contribution in [3.05, 3.63) is 121 Å². The lowest BCUT2D eigenvalue weighted by Crippen LogP contribution is -2.01. The minimum atomic E-state index is 0.483. The highest BCUT2D eigenvalue weighted by Crippen LogP contribution is 2.40. The smallest absolute Gasteiger partial charge is 0.222 e. The van der Waals surface area contributed by atoms with Gasteiger partial charge >= 0.3 is 0 Å². The van der Waals surface area contributed by atoms with E-state index in [4.69, 9.17) is 9.72 Å². The van der Waals surface area contributed by atoms with E-state index in [0.29, 0.717) is 12.5 Å². The summed E-state index contributed by atoms with van der Waals surface area (Å²) in [5.41, 5.74) is 5.41. The Balaban J connectivity index is 1.72. The van der Waals surface area contributed by atoms with Gasteiger partial charge in [0.2, 0.25) is 5.88 Å². The molecule has 0 atom stereocenters. The minimum absolute atomic E-state index is 0.483. The van der Waals surface area contributed by atoms with Crippen molar-refractivity contribution in [2.45, 2.75) is 6.61 Å². The lowest BCUT2D eigenvalue weighted by Gasteiger charge is -2.17. The minimum Gasteiger partial charge on any atom is -0.472 e. The van der Waals surface area contributed by atoms with Crippen LogP contribution in [0.3, 0.4) is 0 Å². The van der Waals surface area contributed by atoms with Crippen LogP contribution in [0.4, 0.5) is 0 Å². The lowest BCUT2D eigenvalue weighted by atomic mass is 9.94. The second kappa shape index (κ2) is 8.22. The van der Waals surface area contributed by atoms with E-state index in [1.54, 1.807) is 0 Å². The van der Waals surface area contributed by atoms with Gasteiger partial charge in [0.25, 0.3) is 0 Å². The van der Waals surface area contributed by atoms with Crippen LogP contribution in [0.15, 0.2) is 115 Å². The van der Waals surface area contributed by atoms with Crippen LogP contribution < -0.4 is 4.74 Å². The summed E-state index contributed by atoms with van der Waals surface area (Å²) in [6.07, 6.45) is 0. The molecule has 0 aliphatic carbocycles. The van der Waals surface area contributed by atoms with Gasteiger partial charge in [0.15, 0.2) is 0 Å². The van der Waals surface area contributed by atoms with Gasteiger partial charge in [-0.25, -0.2) is 4.98 Å². The summed E-state index contributed by atoms with van der Waals surface area (Å²) in [4.78, 5) is 5.04. The van der Waals surface area contributed by atoms with Gasteiger partial charge in [-0.15, -0.1) is 0 Å². The number of hydrogen-bond donors (Lipinski definition) is 0. The molecule has 0 N–H and O–H groups in total. The molecule has 5 aromatic rings. The summed E-state index contributed by atoms with van der Waals surface area (Å²) < 4.78 is 6.25. The maximum atomic E-state index is 6.25. The van der Waals surface area contributed by atoms with Crippen LogP contribution in [-0.2, 0) is 6.61 Å². The van der Waals surface area contributed by atoms with Crippen molar-refractivity contribution >= 4 is 10.8 Å². The second-order valence-corrected chi connectivity index (χ2v) is 7.19. The quantitative estimate of drug-likeness (QED) is 0.319. The van der Waals surface area contributed by atoms with E-state index in [9.17, 15) is 0 Å². The molecule has 0 amide bonds. The van der Waals surface area contributed by atoms with Crippen LogP contribution in [0.2, 0.25) is 0 Å². The summed E-state index contributed by atoms with van der Waals surface area (Å²) in [5, 5.41) is 2.16. The number of nitrogens with zero attached hydrogens (tertiary/aromatic N) is 1. The van der Waals surface area contributed by atoms with Gasteiger partial charge in [-0.1, -0.05) is 109 Å². The Bertz CT molecular complexity index is 1270. The zero-order valence-corrected chi connectivity index (χ0v) is 16.5. The standard InChI is InChI=1S/C28H21NO/c1-4-12-21(13-5-1)20-30-28-25-19-11-10-18-24(25)26(22-14-6-2-7-15-22)27(29-28)23-16-8-3-9-17-23/h1-19H,20H2. The molecule has 2 nitrogen and oxygen atoms in total. The third-order valence-electron chi connectivity index (χ3n) is 5.21. The maximum Gasteiger partial charge on any atom is 0.222 e. The van der Waals surface area contributed by atoms with Crippen molar-refractivity contribution in [2.75, 3.05) is 0 Å². The van der Waals surface area contributed by atoms with Crippen LogP contribution in [-0.4, -0.2) is 4.98 Å². The molecule has 0 spiro atoms. The Morgan fingerprint density at radius 1 is 0.533 bits per heavy atom. The van der Waals surface area contributed by atoms with Crippen LogP contribution in [0, 0.1) is 0 Å². The number of benzene rings is 4. The molecule has 1 heterocycles. The summed E-state index contributed by atoms with van der Waals surface area (Å²) in [6.45, 7) is 0.483. The number of hydrogen-bond acceptors (Lipinski definition) is 2. The molecule has 0 bridgehead atoms. The van der Waals surface area contributed by atoms with E-state index >= 15 is 0 Å². The molecule has 0 radical (unpaired) electrons. The summed E-state index contributed by atoms with van der Waals surface area (Å²) >= 11 is 0. The molecular formula is C28H21NO. The van der Waals surface area contributed by atoms with Gasteiger partial charge in [0.1, 0.15) is 6.61 Å². The van der Waals surface area contributed by atoms with E-state index < -0.39 is 0 Å². The monoisotopic (exact) mass is 387 g/mol. The van der Waals surface area contributed by atoms with Gasteiger partial charge < -0.3 is 4.74 Å². The van der Waals surface area contributed by atoms with Gasteiger partial charge in [-0.05, 0) is 22.6 Å². The first kappa shape index (κ1) is 18.1. The van der Waals surface area contributed by atoms with Crippen molar-refractivity contribution < 1.29 is 4.74 Å². The zero-order chi connectivity index (χ0) is 20.2. The Morgan fingerprint density at radius 2 is 1.07 bits per heavy atom. The average molecular weight is 387 g/mol. The van der Waals surface area contributed by atoms with Gasteiger partial charge in [0.05, 0.1) is 5.69 Å². The first-order valence-corrected chi connectivity index (χ1v) is 10.1. The Morgan fingerprint density at radius 3 is 1.73 bits per heavy atom. The second-order valence-electron chi connectivity index (χ2n) is 7.19. The lowest BCUT2D eigenvalue weighted by molar-refractivity contribution is 0.298. The third kappa shape index (κ3) is 3.56. The predicted octanol–water partition coefficient (Wildman–Crippen LogP) is 7.15. The van der Waals surface area contributed by atoms with Crippen molar-refractivity contribution in [1.29, 1.82) is 0 Å². The fourth-order valence-electron chi connectivity index (χ4n) is 3.77. The third-order valence-corrected chi connectivity index (χ3v) is 5.21. The molecule has 0 aliphatic heterocycles. The van der Waals surface area contributed by atoms with Crippen molar-refractivity contribution in [2.24, 2.45) is 0 Å². The number of ether oxygens (including phenoxy) is 1. The molecule has 0 saturated heterocycles. The fourth-order valence-corrected chi connectivity index (χ4v) is 3.77. The largest absolute Gasteiger partial charge is 0.472 e. The highest BCUT2D eigenvalue weighted by molar-refractivity contribution is 6.04. The number of rotatable bonds is 5. The first-order chi connectivity index (χ1) is 14.9. The van der Waals surface area contributed by atoms with Crippen LogP contribution in [0.5, 0.6) is 5.88 Å². The highest BCUT2D eigenvalue weighted by atomic mass is 16.5. The molecule has 4 aromatic carbocycles. The molecule has 144 valence electrons. The Labute approximate surface area is 176 Å². The SMILES string of the molecule is c1ccc(COc2nc(-c3ccccc3)c(-c3ccccc3)c3ccccc23)cc1. The van der Waals surface area contributed by atoms with Crippen molar-refractivity contribution in [3.63, 3.8) is 0 Å². The number of pyridine rings is 1. The van der Waals surface area contributed by atoms with E-state index in [-0.39, 0.29) is 0 Å². The average Bonchev–Trinajstić information content (AvgIpc) is 2.84. The summed E-state index contributed by atoms with van der Waals surface area (Å²) in [6, 6.07) is 39.3. The normalized spacial score (nSPS) is 10.8. The molecule has 0 saturated carbocycles. The summed E-state index contributed by atoms with van der Waals surface area (Å²) in [5.74, 6) is 0.660. The Kier molecular flexibility index (Phi) is 4.97. The van der Waals surface area contributed by atoms with Gasteiger partial charge in [-0.3, -0.25) is 0 Å².